The number of phenolic OH excluding ortho intramolecular Hbond substituents is 1. The molecule has 0 saturated heterocycles. The summed E-state index contributed by atoms with van der Waals surface area (Å²) < 4.78 is 39.8. The van der Waals surface area contributed by atoms with Crippen molar-refractivity contribution >= 4 is 21.4 Å². The van der Waals surface area contributed by atoms with Crippen molar-refractivity contribution < 1.29 is 22.8 Å². The second kappa shape index (κ2) is 5.37. The van der Waals surface area contributed by atoms with Gasteiger partial charge in [0.15, 0.2) is 5.82 Å². The molecule has 0 radical (unpaired) electrons. The Hall–Kier alpha value is -2.68. The van der Waals surface area contributed by atoms with E-state index in [1.807, 2.05) is 4.72 Å². The van der Waals surface area contributed by atoms with Gasteiger partial charge in [0.25, 0.3) is 15.7 Å². The summed E-state index contributed by atoms with van der Waals surface area (Å²) in [5, 5.41) is 20.0. The minimum absolute atomic E-state index is 0.129. The molecule has 0 saturated carbocycles. The van der Waals surface area contributed by atoms with Crippen LogP contribution in [0.5, 0.6) is 5.75 Å². The molecule has 110 valence electrons. The van der Waals surface area contributed by atoms with E-state index in [1.165, 1.54) is 24.3 Å². The lowest BCUT2D eigenvalue weighted by atomic mass is 10.3. The fraction of sp³-hybridized carbons (Fsp3) is 0. The van der Waals surface area contributed by atoms with E-state index < -0.39 is 31.3 Å². The Balaban J connectivity index is 2.41. The van der Waals surface area contributed by atoms with Crippen molar-refractivity contribution in [2.45, 2.75) is 4.90 Å². The number of nitro benzene ring substituents is 1. The van der Waals surface area contributed by atoms with Gasteiger partial charge in [-0.25, -0.2) is 12.8 Å². The normalized spacial score (nSPS) is 11.1. The molecule has 0 fully saturated rings. The molecule has 0 atom stereocenters. The van der Waals surface area contributed by atoms with Gasteiger partial charge in [0.05, 0.1) is 16.7 Å². The number of non-ortho nitro benzene ring substituents is 1. The SMILES string of the molecule is O=[N+]([O-])c1ccc(S(=O)(=O)Nc2ccccc2O)c(F)c1. The number of halogens is 1. The van der Waals surface area contributed by atoms with E-state index in [0.29, 0.717) is 6.07 Å². The van der Waals surface area contributed by atoms with Gasteiger partial charge in [0, 0.05) is 6.07 Å². The molecule has 9 heteroatoms. The van der Waals surface area contributed by atoms with Crippen LogP contribution in [0.2, 0.25) is 0 Å². The Labute approximate surface area is 118 Å². The monoisotopic (exact) mass is 312 g/mol. The second-order valence-corrected chi connectivity index (χ2v) is 5.65. The highest BCUT2D eigenvalue weighted by molar-refractivity contribution is 7.92. The maximum absolute atomic E-state index is 13.7. The Bertz CT molecular complexity index is 807. The van der Waals surface area contributed by atoms with Crippen LogP contribution in [0.1, 0.15) is 0 Å². The van der Waals surface area contributed by atoms with E-state index >= 15 is 0 Å². The molecule has 2 aromatic carbocycles. The molecule has 21 heavy (non-hydrogen) atoms. The minimum atomic E-state index is -4.32. The maximum Gasteiger partial charge on any atom is 0.272 e. The number of aromatic hydroxyl groups is 1. The van der Waals surface area contributed by atoms with Crippen LogP contribution in [0.25, 0.3) is 0 Å². The summed E-state index contributed by atoms with van der Waals surface area (Å²) in [7, 11) is -4.32. The largest absolute Gasteiger partial charge is 0.506 e. The number of nitrogens with one attached hydrogen (secondary N) is 1. The van der Waals surface area contributed by atoms with Crippen molar-refractivity contribution in [3.05, 3.63) is 58.4 Å². The number of hydrogen-bond acceptors (Lipinski definition) is 5. The number of nitrogens with zero attached hydrogens (tertiary/aromatic N) is 1. The Morgan fingerprint density at radius 2 is 1.86 bits per heavy atom. The number of benzene rings is 2. The van der Waals surface area contributed by atoms with Crippen molar-refractivity contribution in [3.63, 3.8) is 0 Å². The van der Waals surface area contributed by atoms with Crippen LogP contribution in [0, 0.1) is 15.9 Å². The first-order valence-corrected chi connectivity index (χ1v) is 7.04. The molecule has 0 aliphatic heterocycles. The standard InChI is InChI=1S/C12H9FN2O5S/c13-9-7-8(15(17)18)5-6-12(9)21(19,20)14-10-3-1-2-4-11(10)16/h1-7,14,16H. The van der Waals surface area contributed by atoms with Crippen molar-refractivity contribution in [1.82, 2.24) is 0 Å². The Morgan fingerprint density at radius 1 is 1.19 bits per heavy atom. The lowest BCUT2D eigenvalue weighted by Crippen LogP contribution is -2.14. The Morgan fingerprint density at radius 3 is 2.43 bits per heavy atom. The number of anilines is 1. The van der Waals surface area contributed by atoms with Crippen LogP contribution < -0.4 is 4.72 Å². The van der Waals surface area contributed by atoms with Crippen LogP contribution >= 0.6 is 0 Å². The zero-order valence-electron chi connectivity index (χ0n) is 10.4. The van der Waals surface area contributed by atoms with Crippen LogP contribution in [0.3, 0.4) is 0 Å². The van der Waals surface area contributed by atoms with Crippen LogP contribution in [0.15, 0.2) is 47.4 Å². The van der Waals surface area contributed by atoms with Gasteiger partial charge < -0.3 is 5.11 Å². The molecule has 0 aromatic heterocycles. The number of sulfonamides is 1. The second-order valence-electron chi connectivity index (χ2n) is 3.99. The fourth-order valence-electron chi connectivity index (χ4n) is 1.58. The first-order valence-electron chi connectivity index (χ1n) is 5.56. The summed E-state index contributed by atoms with van der Waals surface area (Å²) >= 11 is 0. The molecule has 0 heterocycles. The van der Waals surface area contributed by atoms with E-state index in [4.69, 9.17) is 0 Å². The average molecular weight is 312 g/mol. The van der Waals surface area contributed by atoms with Gasteiger partial charge in [-0.05, 0) is 18.2 Å². The van der Waals surface area contributed by atoms with Gasteiger partial charge in [-0.1, -0.05) is 12.1 Å². The first-order chi connectivity index (χ1) is 9.81. The smallest absolute Gasteiger partial charge is 0.272 e. The third-order valence-corrected chi connectivity index (χ3v) is 3.96. The maximum atomic E-state index is 13.7. The van der Waals surface area contributed by atoms with E-state index in [9.17, 15) is 28.0 Å². The van der Waals surface area contributed by atoms with Gasteiger partial charge in [-0.3, -0.25) is 14.8 Å². The molecule has 2 N–H and O–H groups in total. The summed E-state index contributed by atoms with van der Waals surface area (Å²) in [6.45, 7) is 0. The lowest BCUT2D eigenvalue weighted by molar-refractivity contribution is -0.385. The van der Waals surface area contributed by atoms with Crippen LogP contribution in [-0.2, 0) is 10.0 Å². The third-order valence-electron chi connectivity index (χ3n) is 2.56. The highest BCUT2D eigenvalue weighted by Crippen LogP contribution is 2.27. The summed E-state index contributed by atoms with van der Waals surface area (Å²) in [4.78, 5) is 8.90. The molecule has 2 aromatic rings. The van der Waals surface area contributed by atoms with Crippen molar-refractivity contribution in [3.8, 4) is 5.75 Å². The van der Waals surface area contributed by atoms with Crippen molar-refractivity contribution in [2.75, 3.05) is 4.72 Å². The fourth-order valence-corrected chi connectivity index (χ4v) is 2.72. The lowest BCUT2D eigenvalue weighted by Gasteiger charge is -2.09. The predicted octanol–water partition coefficient (Wildman–Crippen LogP) is 2.24. The summed E-state index contributed by atoms with van der Waals surface area (Å²) in [6.07, 6.45) is 0. The number of rotatable bonds is 4. The molecule has 0 bridgehead atoms. The van der Waals surface area contributed by atoms with E-state index in [-0.39, 0.29) is 11.4 Å². The first kappa shape index (κ1) is 14.7. The predicted molar refractivity (Wildman–Crippen MR) is 72.0 cm³/mol. The Kier molecular flexibility index (Phi) is 3.76. The number of nitro groups is 1. The van der Waals surface area contributed by atoms with Gasteiger partial charge in [-0.15, -0.1) is 0 Å². The van der Waals surface area contributed by atoms with Gasteiger partial charge >= 0.3 is 0 Å². The van der Waals surface area contributed by atoms with Crippen molar-refractivity contribution in [2.24, 2.45) is 0 Å². The summed E-state index contributed by atoms with van der Waals surface area (Å²) in [6, 6.07) is 7.68. The highest BCUT2D eigenvalue weighted by Gasteiger charge is 2.22. The van der Waals surface area contributed by atoms with Crippen LogP contribution in [0.4, 0.5) is 15.8 Å². The van der Waals surface area contributed by atoms with Crippen molar-refractivity contribution in [1.29, 1.82) is 0 Å². The molecule has 0 unspecified atom stereocenters. The molecule has 2 rings (SSSR count). The quantitative estimate of drug-likeness (QED) is 0.511. The van der Waals surface area contributed by atoms with Gasteiger partial charge in [0.2, 0.25) is 0 Å². The minimum Gasteiger partial charge on any atom is -0.506 e. The molecular formula is C12H9FN2O5S. The topological polar surface area (TPSA) is 110 Å². The van der Waals surface area contributed by atoms with E-state index in [1.54, 1.807) is 0 Å². The average Bonchev–Trinajstić information content (AvgIpc) is 2.40. The number of hydrogen-bond donors (Lipinski definition) is 2. The molecule has 0 aliphatic carbocycles. The van der Waals surface area contributed by atoms with Gasteiger partial charge in [-0.2, -0.15) is 0 Å². The number of phenols is 1. The van der Waals surface area contributed by atoms with E-state index in [0.717, 1.165) is 12.1 Å². The zero-order chi connectivity index (χ0) is 15.6. The zero-order valence-corrected chi connectivity index (χ0v) is 11.2. The number of para-hydroxylation sites is 2. The molecule has 0 aliphatic rings. The van der Waals surface area contributed by atoms with E-state index in [2.05, 4.69) is 0 Å². The highest BCUT2D eigenvalue weighted by atomic mass is 32.2. The molecule has 0 spiro atoms. The van der Waals surface area contributed by atoms with Crippen LogP contribution in [-0.4, -0.2) is 18.4 Å². The molecule has 7 nitrogen and oxygen atoms in total. The summed E-state index contributed by atoms with van der Waals surface area (Å²) in [5.74, 6) is -1.59. The third kappa shape index (κ3) is 3.08. The van der Waals surface area contributed by atoms with Gasteiger partial charge in [0.1, 0.15) is 10.6 Å². The molecule has 0 amide bonds. The summed E-state index contributed by atoms with van der Waals surface area (Å²) in [5.41, 5.74) is -0.690. The molecular weight excluding hydrogens is 303 g/mol.